The second-order valence-electron chi connectivity index (χ2n) is 8.40. The summed E-state index contributed by atoms with van der Waals surface area (Å²) in [7, 11) is 0. The van der Waals surface area contributed by atoms with Crippen molar-refractivity contribution in [2.75, 3.05) is 5.75 Å². The molecule has 3 heterocycles. The zero-order chi connectivity index (χ0) is 23.7. The molecule has 1 aromatic carbocycles. The lowest BCUT2D eigenvalue weighted by atomic mass is 9.82. The van der Waals surface area contributed by atoms with Gasteiger partial charge in [0, 0.05) is 5.69 Å². The van der Waals surface area contributed by atoms with Crippen LogP contribution in [-0.2, 0) is 9.59 Å². The average molecular weight is 481 g/mol. The predicted octanol–water partition coefficient (Wildman–Crippen LogP) is 3.21. The van der Waals surface area contributed by atoms with Crippen molar-refractivity contribution in [2.24, 2.45) is 0 Å². The number of aryl methyl sites for hydroxylation is 1. The van der Waals surface area contributed by atoms with Crippen LogP contribution in [0.2, 0.25) is 0 Å². The SMILES string of the molecule is Cc1occc1-c1nnc(SCC(=O)NN2C(=O)NC3(CCCCC3)C2=O)n1-c1ccccc1. The van der Waals surface area contributed by atoms with Crippen LogP contribution in [0.1, 0.15) is 37.9 Å². The molecule has 2 aromatic heterocycles. The molecular formula is C23H24N6O4S. The Morgan fingerprint density at radius 2 is 1.91 bits per heavy atom. The molecule has 5 rings (SSSR count). The van der Waals surface area contributed by atoms with Gasteiger partial charge in [-0.15, -0.1) is 10.2 Å². The molecule has 1 saturated heterocycles. The number of benzene rings is 1. The van der Waals surface area contributed by atoms with Gasteiger partial charge in [-0.1, -0.05) is 49.2 Å². The van der Waals surface area contributed by atoms with E-state index in [-0.39, 0.29) is 11.7 Å². The first kappa shape index (κ1) is 22.2. The van der Waals surface area contributed by atoms with Crippen LogP contribution >= 0.6 is 11.8 Å². The molecule has 1 spiro atoms. The lowest BCUT2D eigenvalue weighted by molar-refractivity contribution is -0.139. The Kier molecular flexibility index (Phi) is 5.86. The topological polar surface area (TPSA) is 122 Å². The van der Waals surface area contributed by atoms with E-state index in [9.17, 15) is 14.4 Å². The highest BCUT2D eigenvalue weighted by molar-refractivity contribution is 7.99. The summed E-state index contributed by atoms with van der Waals surface area (Å²) in [4.78, 5) is 38.0. The molecule has 2 N–H and O–H groups in total. The third kappa shape index (κ3) is 3.96. The first-order valence-electron chi connectivity index (χ1n) is 11.1. The Morgan fingerprint density at radius 1 is 1.15 bits per heavy atom. The van der Waals surface area contributed by atoms with E-state index in [0.717, 1.165) is 47.3 Å². The largest absolute Gasteiger partial charge is 0.469 e. The van der Waals surface area contributed by atoms with Gasteiger partial charge < -0.3 is 9.73 Å². The van der Waals surface area contributed by atoms with Crippen LogP contribution in [0.4, 0.5) is 4.79 Å². The highest BCUT2D eigenvalue weighted by Gasteiger charge is 2.52. The van der Waals surface area contributed by atoms with Gasteiger partial charge >= 0.3 is 6.03 Å². The minimum atomic E-state index is -0.888. The van der Waals surface area contributed by atoms with E-state index in [2.05, 4.69) is 20.9 Å². The molecule has 0 unspecified atom stereocenters. The van der Waals surface area contributed by atoms with Crippen molar-refractivity contribution in [1.82, 2.24) is 30.5 Å². The van der Waals surface area contributed by atoms with E-state index in [1.807, 2.05) is 47.9 Å². The number of aromatic nitrogens is 3. The van der Waals surface area contributed by atoms with Gasteiger partial charge in [0.2, 0.25) is 5.91 Å². The first-order valence-corrected chi connectivity index (χ1v) is 12.1. The molecule has 11 heteroatoms. The molecule has 3 aromatic rings. The maximum absolute atomic E-state index is 12.9. The van der Waals surface area contributed by atoms with Crippen LogP contribution in [0.3, 0.4) is 0 Å². The number of furan rings is 1. The molecule has 2 aliphatic rings. The normalized spacial score (nSPS) is 17.3. The van der Waals surface area contributed by atoms with Crippen LogP contribution < -0.4 is 10.7 Å². The summed E-state index contributed by atoms with van der Waals surface area (Å²) in [6.45, 7) is 1.84. The zero-order valence-corrected chi connectivity index (χ0v) is 19.4. The predicted molar refractivity (Wildman–Crippen MR) is 124 cm³/mol. The fourth-order valence-electron chi connectivity index (χ4n) is 4.47. The van der Waals surface area contributed by atoms with Gasteiger partial charge in [0.05, 0.1) is 17.6 Å². The molecule has 0 radical (unpaired) electrons. The minimum Gasteiger partial charge on any atom is -0.469 e. The Morgan fingerprint density at radius 3 is 2.62 bits per heavy atom. The van der Waals surface area contributed by atoms with Crippen LogP contribution in [0.5, 0.6) is 0 Å². The second kappa shape index (κ2) is 8.98. The molecule has 1 aliphatic heterocycles. The number of urea groups is 1. The number of thioether (sulfide) groups is 1. The van der Waals surface area contributed by atoms with Gasteiger partial charge in [-0.05, 0) is 38.0 Å². The third-order valence-corrected chi connectivity index (χ3v) is 7.11. The lowest BCUT2D eigenvalue weighted by Gasteiger charge is -2.30. The molecule has 4 amide bonds. The number of rotatable bonds is 6. The maximum atomic E-state index is 12.9. The molecule has 1 saturated carbocycles. The third-order valence-electron chi connectivity index (χ3n) is 6.19. The minimum absolute atomic E-state index is 0.0562. The Balaban J connectivity index is 1.32. The number of amides is 4. The van der Waals surface area contributed by atoms with Crippen molar-refractivity contribution in [1.29, 1.82) is 0 Å². The lowest BCUT2D eigenvalue weighted by Crippen LogP contribution is -2.51. The second-order valence-corrected chi connectivity index (χ2v) is 9.35. The molecule has 2 fully saturated rings. The Bertz CT molecular complexity index is 1230. The smallest absolute Gasteiger partial charge is 0.344 e. The molecule has 0 atom stereocenters. The molecular weight excluding hydrogens is 456 g/mol. The molecule has 34 heavy (non-hydrogen) atoms. The number of nitrogens with one attached hydrogen (secondary N) is 2. The number of carbonyl (C=O) groups is 3. The zero-order valence-electron chi connectivity index (χ0n) is 18.6. The summed E-state index contributed by atoms with van der Waals surface area (Å²) in [5.74, 6) is 0.368. The van der Waals surface area contributed by atoms with Crippen LogP contribution in [0.25, 0.3) is 17.1 Å². The van der Waals surface area contributed by atoms with Gasteiger partial charge in [0.25, 0.3) is 5.91 Å². The number of hydrogen-bond acceptors (Lipinski definition) is 7. The molecule has 1 aliphatic carbocycles. The monoisotopic (exact) mass is 480 g/mol. The van der Waals surface area contributed by atoms with Crippen molar-refractivity contribution in [3.63, 3.8) is 0 Å². The van der Waals surface area contributed by atoms with E-state index in [0.29, 0.717) is 29.6 Å². The van der Waals surface area contributed by atoms with Crippen LogP contribution in [-0.4, -0.2) is 48.9 Å². The number of hydrazine groups is 1. The quantitative estimate of drug-likeness (QED) is 0.410. The number of hydrogen-bond donors (Lipinski definition) is 2. The maximum Gasteiger partial charge on any atom is 0.344 e. The number of para-hydroxylation sites is 1. The number of carbonyl (C=O) groups excluding carboxylic acids is 3. The Labute approximate surface area is 200 Å². The molecule has 176 valence electrons. The van der Waals surface area contributed by atoms with E-state index >= 15 is 0 Å². The summed E-state index contributed by atoms with van der Waals surface area (Å²) in [5, 5.41) is 12.7. The number of imide groups is 1. The fourth-order valence-corrected chi connectivity index (χ4v) is 5.21. The van der Waals surface area contributed by atoms with E-state index < -0.39 is 17.5 Å². The summed E-state index contributed by atoms with van der Waals surface area (Å²) < 4.78 is 7.28. The molecule has 10 nitrogen and oxygen atoms in total. The van der Waals surface area contributed by atoms with Gasteiger partial charge in [0.1, 0.15) is 11.3 Å². The highest BCUT2D eigenvalue weighted by Crippen LogP contribution is 2.33. The van der Waals surface area contributed by atoms with Crippen LogP contribution in [0.15, 0.2) is 52.2 Å². The standard InChI is InChI=1S/C23H24N6O4S/c1-15-17(10-13-33-15)19-25-26-22(28(19)16-8-4-2-5-9-16)34-14-18(30)27-29-20(31)23(24-21(29)32)11-6-3-7-12-23/h2,4-5,8-10,13H,3,6-7,11-12,14H2,1H3,(H,24,32)(H,27,30). The van der Waals surface area contributed by atoms with Gasteiger partial charge in [0.15, 0.2) is 11.0 Å². The summed E-state index contributed by atoms with van der Waals surface area (Å²) in [6.07, 6.45) is 5.56. The van der Waals surface area contributed by atoms with Gasteiger partial charge in [-0.2, -0.15) is 5.01 Å². The van der Waals surface area contributed by atoms with Crippen molar-refractivity contribution < 1.29 is 18.8 Å². The molecule has 0 bridgehead atoms. The van der Waals surface area contributed by atoms with Crippen molar-refractivity contribution in [3.05, 3.63) is 48.4 Å². The van der Waals surface area contributed by atoms with E-state index in [4.69, 9.17) is 4.42 Å². The first-order chi connectivity index (χ1) is 16.5. The summed E-state index contributed by atoms with van der Waals surface area (Å²) in [6, 6.07) is 10.8. The summed E-state index contributed by atoms with van der Waals surface area (Å²) >= 11 is 1.16. The van der Waals surface area contributed by atoms with E-state index in [1.165, 1.54) is 0 Å². The van der Waals surface area contributed by atoms with Crippen molar-refractivity contribution in [3.8, 4) is 17.1 Å². The average Bonchev–Trinajstić information content (AvgIpc) is 3.52. The van der Waals surface area contributed by atoms with Gasteiger partial charge in [-0.3, -0.25) is 19.6 Å². The van der Waals surface area contributed by atoms with Crippen LogP contribution in [0, 0.1) is 6.92 Å². The highest BCUT2D eigenvalue weighted by atomic mass is 32.2. The Hall–Kier alpha value is -3.60. The van der Waals surface area contributed by atoms with Crippen molar-refractivity contribution >= 4 is 29.6 Å². The number of nitrogens with zero attached hydrogens (tertiary/aromatic N) is 4. The van der Waals surface area contributed by atoms with E-state index in [1.54, 1.807) is 6.26 Å². The fraction of sp³-hybridized carbons (Fsp3) is 0.348. The van der Waals surface area contributed by atoms with Crippen molar-refractivity contribution in [2.45, 2.75) is 49.7 Å². The summed E-state index contributed by atoms with van der Waals surface area (Å²) in [5.41, 5.74) is 3.20. The van der Waals surface area contributed by atoms with Gasteiger partial charge in [-0.25, -0.2) is 4.79 Å².